The topological polar surface area (TPSA) is 82.6 Å². The molecule has 2 aromatic heterocycles. The molecule has 1 saturated heterocycles. The highest BCUT2D eigenvalue weighted by Crippen LogP contribution is 2.25. The van der Waals surface area contributed by atoms with Gasteiger partial charge >= 0.3 is 0 Å². The first-order valence-electron chi connectivity index (χ1n) is 6.69. The molecule has 116 valence electrons. The molecule has 0 amide bonds. The number of morpholine rings is 1. The molecule has 1 aliphatic rings. The fraction of sp³-hybridized carbons (Fsp3) is 0.308. The third-order valence-corrected chi connectivity index (χ3v) is 4.56. The van der Waals surface area contributed by atoms with Crippen molar-refractivity contribution < 1.29 is 4.74 Å². The van der Waals surface area contributed by atoms with Crippen LogP contribution in [0.3, 0.4) is 0 Å². The highest BCUT2D eigenvalue weighted by atomic mass is 35.5. The molecule has 9 heteroatoms. The van der Waals surface area contributed by atoms with Crippen LogP contribution < -0.4 is 15.9 Å². The number of nitrogens with zero attached hydrogens (tertiary/aromatic N) is 3. The Hall–Kier alpha value is -1.90. The second-order valence-electron chi connectivity index (χ2n) is 4.57. The smallest absolute Gasteiger partial charge is 0.285 e. The fourth-order valence-electron chi connectivity index (χ4n) is 1.99. The van der Waals surface area contributed by atoms with Crippen LogP contribution in [-0.2, 0) is 4.74 Å². The molecule has 0 spiro atoms. The Kier molecular flexibility index (Phi) is 4.71. The summed E-state index contributed by atoms with van der Waals surface area (Å²) in [7, 11) is 0. The highest BCUT2D eigenvalue weighted by Gasteiger charge is 2.12. The summed E-state index contributed by atoms with van der Waals surface area (Å²) >= 11 is 7.49. The van der Waals surface area contributed by atoms with Crippen molar-refractivity contribution in [1.82, 2.24) is 10.2 Å². The van der Waals surface area contributed by atoms with E-state index in [0.29, 0.717) is 5.69 Å². The van der Waals surface area contributed by atoms with Crippen molar-refractivity contribution in [1.29, 1.82) is 0 Å². The van der Waals surface area contributed by atoms with E-state index in [2.05, 4.69) is 31.7 Å². The third kappa shape index (κ3) is 3.46. The van der Waals surface area contributed by atoms with Gasteiger partial charge in [-0.25, -0.2) is 5.10 Å². The van der Waals surface area contributed by atoms with E-state index < -0.39 is 5.56 Å². The lowest BCUT2D eigenvalue weighted by atomic mass is 10.4. The van der Waals surface area contributed by atoms with Crippen LogP contribution in [0.5, 0.6) is 0 Å². The quantitative estimate of drug-likeness (QED) is 0.655. The SMILES string of the molecule is O=c1[nH]ncc(N/N=C\c2ccc(N3CCOCC3)s2)c1Cl. The molecular formula is C13H14ClN5O2S. The number of aromatic amines is 1. The standard InChI is InChI=1S/C13H14ClN5O2S/c14-12-10(8-16-18-13(12)20)17-15-7-9-1-2-11(22-9)19-3-5-21-6-4-19/h1-2,7-8H,3-6H2,(H2,17,18,20)/b15-7-. The number of hydrogen-bond donors (Lipinski definition) is 2. The highest BCUT2D eigenvalue weighted by molar-refractivity contribution is 7.17. The van der Waals surface area contributed by atoms with E-state index in [4.69, 9.17) is 16.3 Å². The van der Waals surface area contributed by atoms with Gasteiger partial charge in [0.2, 0.25) is 0 Å². The van der Waals surface area contributed by atoms with E-state index in [0.717, 1.165) is 31.2 Å². The zero-order chi connectivity index (χ0) is 15.4. The molecule has 7 nitrogen and oxygen atoms in total. The molecule has 1 aliphatic heterocycles. The van der Waals surface area contributed by atoms with Gasteiger partial charge in [0, 0.05) is 18.0 Å². The molecule has 0 radical (unpaired) electrons. The Morgan fingerprint density at radius 1 is 1.45 bits per heavy atom. The first-order valence-corrected chi connectivity index (χ1v) is 7.88. The van der Waals surface area contributed by atoms with Crippen LogP contribution in [0.1, 0.15) is 4.88 Å². The monoisotopic (exact) mass is 339 g/mol. The summed E-state index contributed by atoms with van der Waals surface area (Å²) < 4.78 is 5.34. The molecule has 0 aliphatic carbocycles. The number of anilines is 2. The maximum atomic E-state index is 11.3. The predicted molar refractivity (Wildman–Crippen MR) is 88.4 cm³/mol. The molecule has 2 N–H and O–H groups in total. The Labute approximate surface area is 135 Å². The molecule has 3 heterocycles. The molecule has 2 aromatic rings. The van der Waals surface area contributed by atoms with Crippen LogP contribution in [-0.4, -0.2) is 42.7 Å². The normalized spacial score (nSPS) is 15.4. The summed E-state index contributed by atoms with van der Waals surface area (Å²) in [5.41, 5.74) is 2.64. The number of ether oxygens (including phenoxy) is 1. The van der Waals surface area contributed by atoms with Gasteiger partial charge in [-0.1, -0.05) is 11.6 Å². The average Bonchev–Trinajstić information content (AvgIpc) is 3.01. The zero-order valence-electron chi connectivity index (χ0n) is 11.6. The number of nitrogens with one attached hydrogen (secondary N) is 2. The summed E-state index contributed by atoms with van der Waals surface area (Å²) in [4.78, 5) is 14.6. The summed E-state index contributed by atoms with van der Waals surface area (Å²) in [5, 5.41) is 11.2. The minimum Gasteiger partial charge on any atom is -0.378 e. The van der Waals surface area contributed by atoms with E-state index in [1.54, 1.807) is 17.6 Å². The number of rotatable bonds is 4. The molecule has 0 atom stereocenters. The first-order chi connectivity index (χ1) is 10.7. The van der Waals surface area contributed by atoms with Gasteiger partial charge in [0.25, 0.3) is 5.56 Å². The van der Waals surface area contributed by atoms with Gasteiger partial charge in [0.1, 0.15) is 10.7 Å². The van der Waals surface area contributed by atoms with Crippen molar-refractivity contribution in [3.63, 3.8) is 0 Å². The van der Waals surface area contributed by atoms with Crippen LogP contribution in [0, 0.1) is 0 Å². The Balaban J connectivity index is 1.64. The van der Waals surface area contributed by atoms with Gasteiger partial charge < -0.3 is 9.64 Å². The molecule has 3 rings (SSSR count). The minimum absolute atomic E-state index is 0.0346. The second kappa shape index (κ2) is 6.91. The third-order valence-electron chi connectivity index (χ3n) is 3.11. The molecule has 0 saturated carbocycles. The molecule has 0 unspecified atom stereocenters. The van der Waals surface area contributed by atoms with Gasteiger partial charge in [0.15, 0.2) is 0 Å². The van der Waals surface area contributed by atoms with Crippen LogP contribution in [0.4, 0.5) is 10.7 Å². The van der Waals surface area contributed by atoms with E-state index in [1.165, 1.54) is 11.2 Å². The van der Waals surface area contributed by atoms with Crippen molar-refractivity contribution in [3.05, 3.63) is 38.6 Å². The van der Waals surface area contributed by atoms with E-state index in [-0.39, 0.29) is 5.02 Å². The number of hydrazone groups is 1. The van der Waals surface area contributed by atoms with Crippen LogP contribution in [0.15, 0.2) is 28.2 Å². The number of hydrogen-bond acceptors (Lipinski definition) is 7. The summed E-state index contributed by atoms with van der Waals surface area (Å²) in [6.45, 7) is 3.33. The Morgan fingerprint density at radius 3 is 3.09 bits per heavy atom. The summed E-state index contributed by atoms with van der Waals surface area (Å²) in [6.07, 6.45) is 3.10. The lowest BCUT2D eigenvalue weighted by Gasteiger charge is -2.27. The minimum atomic E-state index is -0.451. The maximum Gasteiger partial charge on any atom is 0.285 e. The number of thiophene rings is 1. The van der Waals surface area contributed by atoms with Crippen molar-refractivity contribution >= 4 is 39.8 Å². The van der Waals surface area contributed by atoms with Crippen molar-refractivity contribution in [2.75, 3.05) is 36.6 Å². The number of halogens is 1. The summed E-state index contributed by atoms with van der Waals surface area (Å²) in [5.74, 6) is 0. The molecule has 0 aromatic carbocycles. The average molecular weight is 340 g/mol. The van der Waals surface area contributed by atoms with Gasteiger partial charge in [-0.05, 0) is 12.1 Å². The number of aromatic nitrogens is 2. The van der Waals surface area contributed by atoms with Gasteiger partial charge in [-0.15, -0.1) is 11.3 Å². The van der Waals surface area contributed by atoms with E-state index in [1.807, 2.05) is 6.07 Å². The van der Waals surface area contributed by atoms with Crippen LogP contribution in [0.2, 0.25) is 5.02 Å². The van der Waals surface area contributed by atoms with Gasteiger partial charge in [0.05, 0.1) is 30.6 Å². The zero-order valence-corrected chi connectivity index (χ0v) is 13.2. The Bertz CT molecular complexity index is 723. The largest absolute Gasteiger partial charge is 0.378 e. The van der Waals surface area contributed by atoms with Crippen molar-refractivity contribution in [2.45, 2.75) is 0 Å². The molecule has 1 fully saturated rings. The predicted octanol–water partition coefficient (Wildman–Crippen LogP) is 1.77. The van der Waals surface area contributed by atoms with Crippen LogP contribution >= 0.6 is 22.9 Å². The molecule has 22 heavy (non-hydrogen) atoms. The van der Waals surface area contributed by atoms with Crippen molar-refractivity contribution in [3.8, 4) is 0 Å². The maximum absolute atomic E-state index is 11.3. The molecule has 0 bridgehead atoms. The fourth-order valence-corrected chi connectivity index (χ4v) is 3.06. The van der Waals surface area contributed by atoms with Crippen molar-refractivity contribution in [2.24, 2.45) is 5.10 Å². The van der Waals surface area contributed by atoms with E-state index >= 15 is 0 Å². The second-order valence-corrected chi connectivity index (χ2v) is 6.04. The first kappa shape index (κ1) is 15.0. The number of H-pyrrole nitrogens is 1. The van der Waals surface area contributed by atoms with Gasteiger partial charge in [-0.2, -0.15) is 10.2 Å². The lowest BCUT2D eigenvalue weighted by Crippen LogP contribution is -2.35. The summed E-state index contributed by atoms with van der Waals surface area (Å²) in [6, 6.07) is 4.07. The van der Waals surface area contributed by atoms with Gasteiger partial charge in [-0.3, -0.25) is 10.2 Å². The molecular weight excluding hydrogens is 326 g/mol. The Morgan fingerprint density at radius 2 is 2.27 bits per heavy atom. The lowest BCUT2D eigenvalue weighted by molar-refractivity contribution is 0.123. The van der Waals surface area contributed by atoms with E-state index in [9.17, 15) is 4.79 Å². The van der Waals surface area contributed by atoms with Crippen LogP contribution in [0.25, 0.3) is 0 Å².